The molecule has 0 spiro atoms. The average molecular weight is 632 g/mol. The number of nitrogens with zero attached hydrogens (tertiary/aromatic N) is 3. The van der Waals surface area contributed by atoms with E-state index in [0.29, 0.717) is 60.5 Å². The second-order valence-electron chi connectivity index (χ2n) is 10.0. The van der Waals surface area contributed by atoms with E-state index in [1.807, 2.05) is 51.1 Å². The first-order valence-corrected chi connectivity index (χ1v) is 16.7. The quantitative estimate of drug-likeness (QED) is 0.120. The number of allylic oxidation sites excluding steroid dienone is 2. The Bertz CT molecular complexity index is 1350. The Kier molecular flexibility index (Phi) is 13.4. The van der Waals surface area contributed by atoms with E-state index >= 15 is 0 Å². The monoisotopic (exact) mass is 631 g/mol. The van der Waals surface area contributed by atoms with Gasteiger partial charge in [0.25, 0.3) is 0 Å². The second-order valence-corrected chi connectivity index (χ2v) is 12.2. The molecule has 0 bridgehead atoms. The summed E-state index contributed by atoms with van der Waals surface area (Å²) in [6, 6.07) is 9.67. The van der Waals surface area contributed by atoms with E-state index in [-0.39, 0.29) is 23.4 Å². The van der Waals surface area contributed by atoms with Crippen LogP contribution in [0.1, 0.15) is 50.2 Å². The van der Waals surface area contributed by atoms with Crippen LogP contribution in [0.15, 0.2) is 52.7 Å². The van der Waals surface area contributed by atoms with Gasteiger partial charge in [0, 0.05) is 53.0 Å². The average Bonchev–Trinajstić information content (AvgIpc) is 3.44. The van der Waals surface area contributed by atoms with Crippen LogP contribution in [0.2, 0.25) is 0 Å². The first-order chi connectivity index (χ1) is 20.6. The highest BCUT2D eigenvalue weighted by Crippen LogP contribution is 2.37. The van der Waals surface area contributed by atoms with Gasteiger partial charge < -0.3 is 18.9 Å². The lowest BCUT2D eigenvalue weighted by Crippen LogP contribution is -2.29. The summed E-state index contributed by atoms with van der Waals surface area (Å²) in [7, 11) is -2.69. The van der Waals surface area contributed by atoms with Crippen LogP contribution < -0.4 is 4.90 Å². The predicted molar refractivity (Wildman–Crippen MR) is 177 cm³/mol. The van der Waals surface area contributed by atoms with Crippen molar-refractivity contribution in [3.8, 4) is 0 Å². The van der Waals surface area contributed by atoms with Gasteiger partial charge in [0.2, 0.25) is 0 Å². The van der Waals surface area contributed by atoms with Gasteiger partial charge in [0.15, 0.2) is 0 Å². The second kappa shape index (κ2) is 16.8. The highest BCUT2D eigenvalue weighted by atomic mass is 32.2. The van der Waals surface area contributed by atoms with Crippen LogP contribution in [0.3, 0.4) is 0 Å². The van der Waals surface area contributed by atoms with Gasteiger partial charge in [-0.25, -0.2) is 0 Å². The number of carbonyl (C=O) groups is 2. The van der Waals surface area contributed by atoms with E-state index in [1.165, 1.54) is 23.5 Å². The summed E-state index contributed by atoms with van der Waals surface area (Å²) < 4.78 is 39.8. The van der Waals surface area contributed by atoms with E-state index in [2.05, 4.69) is 4.90 Å². The number of halogens is 2. The summed E-state index contributed by atoms with van der Waals surface area (Å²) >= 11 is 3.01. The van der Waals surface area contributed by atoms with Gasteiger partial charge in [0.05, 0.1) is 30.4 Å². The number of hydrogen-bond acceptors (Lipinski definition) is 8. The third-order valence-corrected chi connectivity index (χ3v) is 8.58. The number of hydrogen-bond donors (Lipinski definition) is 0. The zero-order chi connectivity index (χ0) is 31.5. The first-order valence-electron chi connectivity index (χ1n) is 14.3. The Morgan fingerprint density at radius 2 is 1.49 bits per heavy atom. The third-order valence-electron chi connectivity index (χ3n) is 6.76. The van der Waals surface area contributed by atoms with Gasteiger partial charge in [-0.2, -0.15) is 0 Å². The molecule has 0 amide bonds. The minimum Gasteiger partial charge on any atom is -0.465 e. The Morgan fingerprint density at radius 1 is 0.930 bits per heavy atom. The normalized spacial score (nSPS) is 13.9. The lowest BCUT2D eigenvalue weighted by Gasteiger charge is -2.25. The summed E-state index contributed by atoms with van der Waals surface area (Å²) in [4.78, 5) is 30.5. The molecule has 0 atom stereocenters. The molecule has 0 fully saturated rings. The van der Waals surface area contributed by atoms with Crippen molar-refractivity contribution >= 4 is 59.8 Å². The lowest BCUT2D eigenvalue weighted by atomic mass is 9.94. The number of carbonyl (C=O) groups excluding carboxylic acids is 2. The molecule has 1 aromatic heterocycles. The number of esters is 2. The van der Waals surface area contributed by atoms with Crippen molar-refractivity contribution in [2.75, 3.05) is 54.2 Å². The SMILES string of the molecule is CCOC(=O)CSCCN(CCSCC(=O)OCC)c1ccc(/C(=C2/N=C(C)C=C2C)c2c(C)cc(C)n2B(F)F)cc1. The minimum absolute atomic E-state index is 0.234. The van der Waals surface area contributed by atoms with Gasteiger partial charge in [-0.05, 0) is 82.5 Å². The molecule has 0 saturated carbocycles. The van der Waals surface area contributed by atoms with Crippen LogP contribution >= 0.6 is 23.5 Å². The molecule has 0 unspecified atom stereocenters. The molecule has 0 N–H and O–H groups in total. The van der Waals surface area contributed by atoms with Crippen molar-refractivity contribution in [2.24, 2.45) is 4.99 Å². The zero-order valence-electron chi connectivity index (χ0n) is 25.7. The molecule has 43 heavy (non-hydrogen) atoms. The van der Waals surface area contributed by atoms with Crippen molar-refractivity contribution in [1.29, 1.82) is 0 Å². The highest BCUT2D eigenvalue weighted by molar-refractivity contribution is 8.00. The van der Waals surface area contributed by atoms with E-state index in [9.17, 15) is 18.2 Å². The lowest BCUT2D eigenvalue weighted by molar-refractivity contribution is -0.140. The maximum atomic E-state index is 14.3. The molecule has 232 valence electrons. The number of anilines is 1. The number of aromatic nitrogens is 1. The molecular formula is C31H40BF2N3O4S2. The number of thioether (sulfide) groups is 2. The fourth-order valence-electron chi connectivity index (χ4n) is 4.98. The predicted octanol–water partition coefficient (Wildman–Crippen LogP) is 6.46. The molecule has 2 heterocycles. The van der Waals surface area contributed by atoms with E-state index in [4.69, 9.17) is 14.5 Å². The van der Waals surface area contributed by atoms with Crippen LogP contribution in [0, 0.1) is 13.8 Å². The molecular weight excluding hydrogens is 591 g/mol. The summed E-state index contributed by atoms with van der Waals surface area (Å²) in [5.74, 6) is 1.51. The minimum atomic E-state index is -2.69. The van der Waals surface area contributed by atoms with Crippen LogP contribution in [0.25, 0.3) is 5.57 Å². The standard InChI is InChI=1S/C31H40BF2N3O4S2/c1-7-40-27(38)19-42-15-13-36(14-16-43-20-28(39)41-8-2)26-11-9-25(10-12-26)29(30-21(3)17-23(5)35-30)31-22(4)18-24(6)37(31)32(33)34/h9-12,17-18H,7-8,13-16,19-20H2,1-6H3/b30-29-. The van der Waals surface area contributed by atoms with Crippen LogP contribution in [0.4, 0.5) is 14.3 Å². The summed E-state index contributed by atoms with van der Waals surface area (Å²) in [6.07, 6.45) is 1.96. The molecule has 12 heteroatoms. The number of aliphatic imine (C=N–C) groups is 1. The van der Waals surface area contributed by atoms with Crippen molar-refractivity contribution in [3.05, 3.63) is 70.2 Å². The fourth-order valence-corrected chi connectivity index (χ4v) is 6.47. The molecule has 1 aliphatic rings. The summed E-state index contributed by atoms with van der Waals surface area (Å²) in [5, 5.41) is 0. The van der Waals surface area contributed by atoms with E-state index in [1.54, 1.807) is 26.8 Å². The van der Waals surface area contributed by atoms with Gasteiger partial charge >= 0.3 is 19.3 Å². The molecule has 0 saturated heterocycles. The van der Waals surface area contributed by atoms with E-state index < -0.39 is 7.40 Å². The Balaban J connectivity index is 1.91. The molecule has 0 radical (unpaired) electrons. The maximum absolute atomic E-state index is 14.3. The van der Waals surface area contributed by atoms with Gasteiger partial charge in [-0.15, -0.1) is 23.5 Å². The number of rotatable bonds is 16. The van der Waals surface area contributed by atoms with Crippen molar-refractivity contribution in [3.63, 3.8) is 0 Å². The number of benzene rings is 1. The zero-order valence-corrected chi connectivity index (χ0v) is 27.4. The molecule has 1 aliphatic heterocycles. The highest BCUT2D eigenvalue weighted by Gasteiger charge is 2.29. The molecule has 2 aromatic rings. The van der Waals surface area contributed by atoms with Crippen molar-refractivity contribution in [1.82, 2.24) is 4.48 Å². The van der Waals surface area contributed by atoms with Crippen LogP contribution in [0.5, 0.6) is 0 Å². The molecule has 7 nitrogen and oxygen atoms in total. The molecule has 1 aromatic carbocycles. The summed E-state index contributed by atoms with van der Waals surface area (Å²) in [5.41, 5.74) is 6.58. The third kappa shape index (κ3) is 9.50. The Hall–Kier alpha value is -2.99. The van der Waals surface area contributed by atoms with Gasteiger partial charge in [0.1, 0.15) is 0 Å². The smallest absolute Gasteiger partial charge is 0.465 e. The van der Waals surface area contributed by atoms with Gasteiger partial charge in [-0.1, -0.05) is 12.1 Å². The largest absolute Gasteiger partial charge is 0.677 e. The Morgan fingerprint density at radius 3 is 1.95 bits per heavy atom. The Labute approximate surface area is 262 Å². The molecule has 0 aliphatic carbocycles. The topological polar surface area (TPSA) is 73.1 Å². The molecule has 3 rings (SSSR count). The maximum Gasteiger partial charge on any atom is 0.677 e. The summed E-state index contributed by atoms with van der Waals surface area (Å²) in [6.45, 7) is 13.0. The van der Waals surface area contributed by atoms with Crippen LogP contribution in [-0.2, 0) is 19.1 Å². The number of aryl methyl sites for hydroxylation is 2. The van der Waals surface area contributed by atoms with Crippen LogP contribution in [-0.4, -0.2) is 78.8 Å². The first kappa shape index (κ1) is 34.5. The van der Waals surface area contributed by atoms with Gasteiger partial charge in [-0.3, -0.25) is 23.2 Å². The van der Waals surface area contributed by atoms with Crippen molar-refractivity contribution in [2.45, 2.75) is 41.5 Å². The van der Waals surface area contributed by atoms with Crippen molar-refractivity contribution < 1.29 is 27.7 Å². The number of ether oxygens (including phenoxy) is 2. The van der Waals surface area contributed by atoms with E-state index in [0.717, 1.165) is 32.6 Å². The fraction of sp³-hybridized carbons (Fsp3) is 0.452.